The summed E-state index contributed by atoms with van der Waals surface area (Å²) in [5.74, 6) is 0.0587. The van der Waals surface area contributed by atoms with Crippen LogP contribution in [-0.2, 0) is 0 Å². The van der Waals surface area contributed by atoms with Crippen LogP contribution in [0.5, 0.6) is 0 Å². The van der Waals surface area contributed by atoms with E-state index in [1.807, 2.05) is 48.8 Å². The largest absolute Gasteiger partial charge is 0.370 e. The van der Waals surface area contributed by atoms with Crippen LogP contribution in [0.1, 0.15) is 29.6 Å². The fourth-order valence-electron chi connectivity index (χ4n) is 4.51. The molecule has 2 aliphatic rings. The second-order valence-electron chi connectivity index (χ2n) is 7.82. The predicted octanol–water partition coefficient (Wildman–Crippen LogP) is 4.02. The number of amides is 1. The molecule has 1 saturated heterocycles. The van der Waals surface area contributed by atoms with Crippen molar-refractivity contribution in [2.24, 2.45) is 5.41 Å². The van der Waals surface area contributed by atoms with Crippen molar-refractivity contribution in [3.05, 3.63) is 72.6 Å². The molecule has 4 heteroatoms. The molecule has 1 aliphatic heterocycles. The van der Waals surface area contributed by atoms with E-state index in [0.29, 0.717) is 11.5 Å². The fraction of sp³-hybridized carbons (Fsp3) is 0.304. The van der Waals surface area contributed by atoms with Crippen molar-refractivity contribution >= 4 is 22.4 Å². The van der Waals surface area contributed by atoms with E-state index < -0.39 is 0 Å². The highest BCUT2D eigenvalue weighted by atomic mass is 16.1. The molecule has 1 saturated carbocycles. The van der Waals surface area contributed by atoms with Gasteiger partial charge >= 0.3 is 0 Å². The van der Waals surface area contributed by atoms with E-state index >= 15 is 0 Å². The first-order valence-corrected chi connectivity index (χ1v) is 9.69. The van der Waals surface area contributed by atoms with Crippen molar-refractivity contribution in [1.82, 2.24) is 10.3 Å². The molecule has 27 heavy (non-hydrogen) atoms. The van der Waals surface area contributed by atoms with Gasteiger partial charge in [-0.15, -0.1) is 0 Å². The maximum Gasteiger partial charge on any atom is 0.252 e. The van der Waals surface area contributed by atoms with Crippen molar-refractivity contribution in [3.63, 3.8) is 0 Å². The highest BCUT2D eigenvalue weighted by molar-refractivity contribution is 6.07. The Kier molecular flexibility index (Phi) is 3.85. The van der Waals surface area contributed by atoms with Gasteiger partial charge in [0.25, 0.3) is 5.91 Å². The Labute approximate surface area is 159 Å². The van der Waals surface area contributed by atoms with Crippen LogP contribution in [0.4, 0.5) is 5.69 Å². The van der Waals surface area contributed by atoms with Gasteiger partial charge in [-0.1, -0.05) is 36.4 Å². The highest BCUT2D eigenvalue weighted by Gasteiger charge is 2.55. The first-order valence-electron chi connectivity index (χ1n) is 9.69. The van der Waals surface area contributed by atoms with Crippen molar-refractivity contribution in [3.8, 4) is 0 Å². The molecular formula is C23H23N3O. The number of anilines is 1. The van der Waals surface area contributed by atoms with Gasteiger partial charge in [-0.3, -0.25) is 9.78 Å². The van der Waals surface area contributed by atoms with Crippen LogP contribution >= 0.6 is 0 Å². The minimum atomic E-state index is 0.0587. The summed E-state index contributed by atoms with van der Waals surface area (Å²) in [5, 5.41) is 5.45. The number of pyridine rings is 1. The molecule has 0 bridgehead atoms. The first-order chi connectivity index (χ1) is 13.3. The van der Waals surface area contributed by atoms with Gasteiger partial charge in [-0.2, -0.15) is 0 Å². The fourth-order valence-corrected chi connectivity index (χ4v) is 4.51. The minimum absolute atomic E-state index is 0.0587. The van der Waals surface area contributed by atoms with Crippen LogP contribution in [0.3, 0.4) is 0 Å². The number of carbonyl (C=O) groups excluding carboxylic acids is 1. The molecule has 1 aromatic heterocycles. The van der Waals surface area contributed by atoms with Crippen LogP contribution in [0.15, 0.2) is 67.0 Å². The smallest absolute Gasteiger partial charge is 0.252 e. The van der Waals surface area contributed by atoms with Crippen molar-refractivity contribution < 1.29 is 4.79 Å². The number of hydrogen-bond acceptors (Lipinski definition) is 3. The maximum atomic E-state index is 12.9. The third-order valence-electron chi connectivity index (χ3n) is 6.30. The van der Waals surface area contributed by atoms with Gasteiger partial charge in [0.15, 0.2) is 0 Å². The van der Waals surface area contributed by atoms with Gasteiger partial charge in [0, 0.05) is 30.9 Å². The molecular weight excluding hydrogens is 334 g/mol. The molecule has 1 N–H and O–H groups in total. The monoisotopic (exact) mass is 357 g/mol. The molecule has 1 atom stereocenters. The van der Waals surface area contributed by atoms with E-state index in [2.05, 4.69) is 33.4 Å². The average molecular weight is 357 g/mol. The lowest BCUT2D eigenvalue weighted by Gasteiger charge is -2.34. The summed E-state index contributed by atoms with van der Waals surface area (Å²) >= 11 is 0. The number of benzene rings is 2. The second kappa shape index (κ2) is 6.38. The summed E-state index contributed by atoms with van der Waals surface area (Å²) in [6.07, 6.45) is 7.11. The first kappa shape index (κ1) is 16.3. The van der Waals surface area contributed by atoms with Crippen molar-refractivity contribution in [2.75, 3.05) is 18.0 Å². The Balaban J connectivity index is 1.25. The Hall–Kier alpha value is -2.88. The van der Waals surface area contributed by atoms with Crippen molar-refractivity contribution in [1.29, 1.82) is 0 Å². The van der Waals surface area contributed by atoms with Crippen LogP contribution < -0.4 is 10.2 Å². The number of carbonyl (C=O) groups is 1. The zero-order valence-corrected chi connectivity index (χ0v) is 15.3. The molecule has 5 rings (SSSR count). The number of nitrogens with zero attached hydrogens (tertiary/aromatic N) is 2. The number of nitrogens with one attached hydrogen (secondary N) is 1. The number of hydrogen-bond donors (Lipinski definition) is 1. The zero-order valence-electron chi connectivity index (χ0n) is 15.3. The summed E-state index contributed by atoms with van der Waals surface area (Å²) in [5.41, 5.74) is 2.27. The van der Waals surface area contributed by atoms with Gasteiger partial charge in [0.05, 0.1) is 11.9 Å². The van der Waals surface area contributed by atoms with E-state index in [4.69, 9.17) is 0 Å². The highest BCUT2D eigenvalue weighted by Crippen LogP contribution is 2.54. The molecule has 2 aromatic carbocycles. The van der Waals surface area contributed by atoms with Gasteiger partial charge in [0.1, 0.15) is 0 Å². The molecule has 1 unspecified atom stereocenters. The summed E-state index contributed by atoms with van der Waals surface area (Å²) < 4.78 is 0. The standard InChI is InChI=1S/C23H23N3O/c27-22(20-9-3-6-17-5-1-2-8-19(17)20)25-21-15-23(21)10-13-26(14-11-23)18-7-4-12-24-16-18/h1-9,12,16,21H,10-11,13-15H2,(H,25,27). The summed E-state index contributed by atoms with van der Waals surface area (Å²) in [4.78, 5) is 19.5. The lowest BCUT2D eigenvalue weighted by atomic mass is 9.92. The van der Waals surface area contributed by atoms with Crippen LogP contribution in [0, 0.1) is 5.41 Å². The molecule has 1 amide bonds. The molecule has 4 nitrogen and oxygen atoms in total. The average Bonchev–Trinajstić information content (AvgIpc) is 3.39. The molecule has 1 spiro atoms. The Morgan fingerprint density at radius 3 is 2.67 bits per heavy atom. The SMILES string of the molecule is O=C(NC1CC12CCN(c1cccnc1)CC2)c1cccc2ccccc12. The van der Waals surface area contributed by atoms with E-state index in [-0.39, 0.29) is 5.91 Å². The van der Waals surface area contributed by atoms with E-state index in [0.717, 1.165) is 48.7 Å². The van der Waals surface area contributed by atoms with E-state index in [1.165, 1.54) is 5.69 Å². The summed E-state index contributed by atoms with van der Waals surface area (Å²) in [6, 6.07) is 18.4. The van der Waals surface area contributed by atoms with Gasteiger partial charge in [0.2, 0.25) is 0 Å². The van der Waals surface area contributed by atoms with E-state index in [9.17, 15) is 4.79 Å². The molecule has 0 radical (unpaired) electrons. The molecule has 2 fully saturated rings. The number of aromatic nitrogens is 1. The molecule has 3 aromatic rings. The van der Waals surface area contributed by atoms with Gasteiger partial charge in [-0.25, -0.2) is 0 Å². The van der Waals surface area contributed by atoms with Gasteiger partial charge < -0.3 is 10.2 Å². The third kappa shape index (κ3) is 2.95. The number of piperidine rings is 1. The molecule has 2 heterocycles. The Bertz CT molecular complexity index is 972. The van der Waals surface area contributed by atoms with Crippen LogP contribution in [-0.4, -0.2) is 30.0 Å². The molecule has 136 valence electrons. The minimum Gasteiger partial charge on any atom is -0.370 e. The third-order valence-corrected chi connectivity index (χ3v) is 6.30. The number of fused-ring (bicyclic) bond motifs is 1. The lowest BCUT2D eigenvalue weighted by Crippen LogP contribution is -2.38. The Morgan fingerprint density at radius 1 is 1.04 bits per heavy atom. The van der Waals surface area contributed by atoms with Crippen LogP contribution in [0.2, 0.25) is 0 Å². The van der Waals surface area contributed by atoms with Crippen LogP contribution in [0.25, 0.3) is 10.8 Å². The Morgan fingerprint density at radius 2 is 1.85 bits per heavy atom. The quantitative estimate of drug-likeness (QED) is 0.770. The van der Waals surface area contributed by atoms with E-state index in [1.54, 1.807) is 0 Å². The summed E-state index contributed by atoms with van der Waals surface area (Å²) in [7, 11) is 0. The van der Waals surface area contributed by atoms with Crippen molar-refractivity contribution in [2.45, 2.75) is 25.3 Å². The summed E-state index contributed by atoms with van der Waals surface area (Å²) in [6.45, 7) is 2.07. The maximum absolute atomic E-state index is 12.9. The normalized spacial score (nSPS) is 20.6. The lowest BCUT2D eigenvalue weighted by molar-refractivity contribution is 0.0945. The molecule has 1 aliphatic carbocycles. The van der Waals surface area contributed by atoms with Gasteiger partial charge in [-0.05, 0) is 53.6 Å². The predicted molar refractivity (Wildman–Crippen MR) is 108 cm³/mol. The zero-order chi connectivity index (χ0) is 18.3. The topological polar surface area (TPSA) is 45.2 Å². The number of rotatable bonds is 3. The second-order valence-corrected chi connectivity index (χ2v) is 7.82.